The van der Waals surface area contributed by atoms with E-state index in [-0.39, 0.29) is 0 Å². The van der Waals surface area contributed by atoms with E-state index >= 15 is 0 Å². The second kappa shape index (κ2) is 5.56. The summed E-state index contributed by atoms with van der Waals surface area (Å²) in [5, 5.41) is 0. The molecule has 0 bridgehead atoms. The summed E-state index contributed by atoms with van der Waals surface area (Å²) in [4.78, 5) is 4.55. The molecule has 1 atom stereocenters. The van der Waals surface area contributed by atoms with Crippen LogP contribution in [0.15, 0.2) is 0 Å². The molecule has 0 aliphatic heterocycles. The smallest absolute Gasteiger partial charge is 0.00987 e. The molecule has 0 aromatic heterocycles. The average molecular weight is 158 g/mol. The molecule has 0 fully saturated rings. The lowest BCUT2D eigenvalue weighted by Gasteiger charge is -2.24. The molecule has 0 rings (SSSR count). The first-order valence-electron chi connectivity index (χ1n) is 4.39. The summed E-state index contributed by atoms with van der Waals surface area (Å²) in [6.45, 7) is 3.44. The van der Waals surface area contributed by atoms with E-state index < -0.39 is 0 Å². The van der Waals surface area contributed by atoms with Gasteiger partial charge in [-0.2, -0.15) is 0 Å². The van der Waals surface area contributed by atoms with Gasteiger partial charge in [0.1, 0.15) is 0 Å². The average Bonchev–Trinajstić information content (AvgIpc) is 1.87. The van der Waals surface area contributed by atoms with E-state index in [1.807, 2.05) is 0 Å². The molecule has 11 heavy (non-hydrogen) atoms. The third kappa shape index (κ3) is 5.22. The molecule has 0 saturated carbocycles. The van der Waals surface area contributed by atoms with Crippen LogP contribution in [0.3, 0.4) is 0 Å². The van der Waals surface area contributed by atoms with Crippen LogP contribution >= 0.6 is 0 Å². The molecule has 0 heterocycles. The molecule has 0 N–H and O–H groups in total. The molecule has 2 heteroatoms. The van der Waals surface area contributed by atoms with Gasteiger partial charge >= 0.3 is 0 Å². The number of nitrogens with zero attached hydrogens (tertiary/aromatic N) is 2. The van der Waals surface area contributed by atoms with Gasteiger partial charge < -0.3 is 9.80 Å². The molecular weight excluding hydrogens is 136 g/mol. The zero-order valence-corrected chi connectivity index (χ0v) is 8.59. The molecule has 0 aromatic rings. The zero-order chi connectivity index (χ0) is 8.85. The fourth-order valence-electron chi connectivity index (χ4n) is 1.23. The zero-order valence-electron chi connectivity index (χ0n) is 8.59. The predicted molar refractivity (Wildman–Crippen MR) is 50.9 cm³/mol. The molecule has 0 aromatic carbocycles. The summed E-state index contributed by atoms with van der Waals surface area (Å²) in [5.74, 6) is 0. The van der Waals surface area contributed by atoms with Crippen LogP contribution in [0.4, 0.5) is 0 Å². The Morgan fingerprint density at radius 1 is 1.09 bits per heavy atom. The van der Waals surface area contributed by atoms with E-state index in [4.69, 9.17) is 0 Å². The van der Waals surface area contributed by atoms with E-state index in [1.165, 1.54) is 19.4 Å². The molecule has 0 amide bonds. The van der Waals surface area contributed by atoms with E-state index in [2.05, 4.69) is 44.9 Å². The van der Waals surface area contributed by atoms with Crippen molar-refractivity contribution in [1.29, 1.82) is 0 Å². The number of rotatable bonds is 5. The maximum Gasteiger partial charge on any atom is 0.00987 e. The summed E-state index contributed by atoms with van der Waals surface area (Å²) in [6.07, 6.45) is 2.53. The van der Waals surface area contributed by atoms with Crippen molar-refractivity contribution in [2.45, 2.75) is 25.8 Å². The first-order chi connectivity index (χ1) is 5.07. The quantitative estimate of drug-likeness (QED) is 0.594. The van der Waals surface area contributed by atoms with Crippen molar-refractivity contribution in [2.75, 3.05) is 34.7 Å². The summed E-state index contributed by atoms with van der Waals surface area (Å²) in [7, 11) is 8.57. The van der Waals surface area contributed by atoms with Crippen LogP contribution in [0.2, 0.25) is 0 Å². The Balaban J connectivity index is 3.52. The fourth-order valence-corrected chi connectivity index (χ4v) is 1.23. The van der Waals surface area contributed by atoms with Crippen LogP contribution in [0, 0.1) is 0 Å². The largest absolute Gasteiger partial charge is 0.309 e. The lowest BCUT2D eigenvalue weighted by Crippen LogP contribution is -2.30. The summed E-state index contributed by atoms with van der Waals surface area (Å²) in [6, 6.07) is 0.748. The van der Waals surface area contributed by atoms with Gasteiger partial charge in [-0.3, -0.25) is 0 Å². The van der Waals surface area contributed by atoms with Crippen LogP contribution in [0.5, 0.6) is 0 Å². The van der Waals surface area contributed by atoms with Gasteiger partial charge in [-0.15, -0.1) is 0 Å². The van der Waals surface area contributed by atoms with Crippen molar-refractivity contribution in [1.82, 2.24) is 9.80 Å². The Morgan fingerprint density at radius 2 is 1.64 bits per heavy atom. The lowest BCUT2D eigenvalue weighted by atomic mass is 10.1. The minimum absolute atomic E-state index is 0.748. The van der Waals surface area contributed by atoms with Crippen LogP contribution in [-0.2, 0) is 0 Å². The van der Waals surface area contributed by atoms with Crippen LogP contribution in [0.25, 0.3) is 0 Å². The van der Waals surface area contributed by atoms with E-state index in [1.54, 1.807) is 0 Å². The number of hydrogen-bond donors (Lipinski definition) is 0. The maximum atomic E-state index is 2.31. The Labute approximate surface area is 71.2 Å². The molecule has 0 spiro atoms. The van der Waals surface area contributed by atoms with Crippen molar-refractivity contribution in [3.05, 3.63) is 0 Å². The Bertz CT molecular complexity index is 89.6. The van der Waals surface area contributed by atoms with Crippen LogP contribution < -0.4 is 0 Å². The van der Waals surface area contributed by atoms with Crippen molar-refractivity contribution in [3.8, 4) is 0 Å². The second-order valence-corrected chi connectivity index (χ2v) is 3.62. The van der Waals surface area contributed by atoms with Crippen LogP contribution in [-0.4, -0.2) is 50.6 Å². The highest BCUT2D eigenvalue weighted by molar-refractivity contribution is 4.64. The summed E-state index contributed by atoms with van der Waals surface area (Å²) >= 11 is 0. The van der Waals surface area contributed by atoms with Crippen molar-refractivity contribution in [3.63, 3.8) is 0 Å². The highest BCUT2D eigenvalue weighted by Gasteiger charge is 2.07. The molecule has 0 radical (unpaired) electrons. The first kappa shape index (κ1) is 10.9. The van der Waals surface area contributed by atoms with Crippen molar-refractivity contribution < 1.29 is 0 Å². The van der Waals surface area contributed by atoms with Crippen molar-refractivity contribution >= 4 is 0 Å². The fraction of sp³-hybridized carbons (Fsp3) is 1.00. The van der Waals surface area contributed by atoms with E-state index in [9.17, 15) is 0 Å². The highest BCUT2D eigenvalue weighted by Crippen LogP contribution is 2.03. The predicted octanol–water partition coefficient (Wildman–Crippen LogP) is 1.28. The third-order valence-corrected chi connectivity index (χ3v) is 2.11. The Hall–Kier alpha value is -0.0800. The topological polar surface area (TPSA) is 6.48 Å². The highest BCUT2D eigenvalue weighted by atomic mass is 15.1. The monoisotopic (exact) mass is 158 g/mol. The molecule has 0 unspecified atom stereocenters. The number of hydrogen-bond acceptors (Lipinski definition) is 2. The standard InChI is InChI=1S/C9H22N2/c1-6-9(11(4)5)7-8-10(2)3/h9H,6-8H2,1-5H3/t9-/m0/s1. The SMILES string of the molecule is CC[C@@H](CCN(C)C)N(C)C. The molecule has 68 valence electrons. The molecule has 0 aliphatic carbocycles. The Kier molecular flexibility index (Phi) is 5.51. The van der Waals surface area contributed by atoms with Gasteiger partial charge in [0.15, 0.2) is 0 Å². The first-order valence-corrected chi connectivity index (χ1v) is 4.39. The van der Waals surface area contributed by atoms with Gasteiger partial charge in [0.05, 0.1) is 0 Å². The van der Waals surface area contributed by atoms with Gasteiger partial charge in [-0.05, 0) is 47.6 Å². The minimum atomic E-state index is 0.748. The van der Waals surface area contributed by atoms with Gasteiger partial charge in [0, 0.05) is 6.04 Å². The molecule has 0 aliphatic rings. The molecule has 2 nitrogen and oxygen atoms in total. The van der Waals surface area contributed by atoms with Gasteiger partial charge in [-0.25, -0.2) is 0 Å². The van der Waals surface area contributed by atoms with Gasteiger partial charge in [0.2, 0.25) is 0 Å². The van der Waals surface area contributed by atoms with Gasteiger partial charge in [-0.1, -0.05) is 6.92 Å². The second-order valence-electron chi connectivity index (χ2n) is 3.62. The van der Waals surface area contributed by atoms with E-state index in [0.29, 0.717) is 0 Å². The van der Waals surface area contributed by atoms with Gasteiger partial charge in [0.25, 0.3) is 0 Å². The van der Waals surface area contributed by atoms with Crippen LogP contribution in [0.1, 0.15) is 19.8 Å². The Morgan fingerprint density at radius 3 is 1.91 bits per heavy atom. The maximum absolute atomic E-state index is 2.31. The van der Waals surface area contributed by atoms with Crippen molar-refractivity contribution in [2.24, 2.45) is 0 Å². The van der Waals surface area contributed by atoms with E-state index in [0.717, 1.165) is 6.04 Å². The molecular formula is C9H22N2. The normalized spacial score (nSPS) is 14.5. The minimum Gasteiger partial charge on any atom is -0.309 e. The summed E-state index contributed by atoms with van der Waals surface area (Å²) in [5.41, 5.74) is 0. The molecule has 0 saturated heterocycles. The summed E-state index contributed by atoms with van der Waals surface area (Å²) < 4.78 is 0. The third-order valence-electron chi connectivity index (χ3n) is 2.11. The lowest BCUT2D eigenvalue weighted by molar-refractivity contribution is 0.245.